The Morgan fingerprint density at radius 2 is 1.29 bits per heavy atom. The zero-order chi connectivity index (χ0) is 38.0. The molecule has 0 aliphatic heterocycles. The fourth-order valence-electron chi connectivity index (χ4n) is 8.16. The molecule has 0 amide bonds. The minimum atomic E-state index is -0.119. The first kappa shape index (κ1) is 37.1. The molecule has 278 valence electrons. The van der Waals surface area contributed by atoms with Crippen molar-refractivity contribution in [2.45, 2.75) is 47.0 Å². The van der Waals surface area contributed by atoms with Crippen molar-refractivity contribution in [2.24, 2.45) is 0 Å². The Kier molecular flexibility index (Phi) is 9.51. The van der Waals surface area contributed by atoms with E-state index in [1.165, 1.54) is 27.8 Å². The van der Waals surface area contributed by atoms with Crippen LogP contribution < -0.4 is 0 Å². The second-order valence-electron chi connectivity index (χ2n) is 15.7. The van der Waals surface area contributed by atoms with Gasteiger partial charge in [-0.15, -0.1) is 35.4 Å². The summed E-state index contributed by atoms with van der Waals surface area (Å²) in [5.74, 6) is 0.501. The fourth-order valence-corrected chi connectivity index (χ4v) is 8.16. The van der Waals surface area contributed by atoms with Gasteiger partial charge in [-0.1, -0.05) is 122 Å². The summed E-state index contributed by atoms with van der Waals surface area (Å²) in [6, 6.07) is 47.8. The van der Waals surface area contributed by atoms with E-state index in [1.807, 2.05) is 18.3 Å². The molecular weight excluding hydrogens is 868 g/mol. The summed E-state index contributed by atoms with van der Waals surface area (Å²) < 4.78 is 6.60. The zero-order valence-corrected chi connectivity index (χ0v) is 34.5. The van der Waals surface area contributed by atoms with Gasteiger partial charge in [-0.05, 0) is 100 Å². The van der Waals surface area contributed by atoms with Crippen molar-refractivity contribution in [3.8, 4) is 61.7 Å². The number of phenolic OH excluding ortho intramolecular Hbond substituents is 1. The minimum absolute atomic E-state index is 0. The molecule has 0 radical (unpaired) electrons. The van der Waals surface area contributed by atoms with Crippen LogP contribution in [0.15, 0.2) is 138 Å². The Balaban J connectivity index is 0.00000441. The van der Waals surface area contributed by atoms with E-state index in [9.17, 15) is 5.11 Å². The van der Waals surface area contributed by atoms with Crippen molar-refractivity contribution in [2.75, 3.05) is 0 Å². The first-order valence-corrected chi connectivity index (χ1v) is 18.8. The van der Waals surface area contributed by atoms with Crippen LogP contribution in [0.2, 0.25) is 0 Å². The third-order valence-electron chi connectivity index (χ3n) is 10.8. The van der Waals surface area contributed by atoms with Crippen LogP contribution in [0.5, 0.6) is 5.75 Å². The third kappa shape index (κ3) is 6.52. The summed E-state index contributed by atoms with van der Waals surface area (Å²) >= 11 is 0. The number of aryl methyl sites for hydroxylation is 3. The number of nitrogens with zero attached hydrogens (tertiary/aromatic N) is 2. The van der Waals surface area contributed by atoms with Gasteiger partial charge in [-0.3, -0.25) is 4.98 Å². The number of phenols is 1. The molecule has 2 aromatic heterocycles. The van der Waals surface area contributed by atoms with E-state index in [0.717, 1.165) is 60.6 Å². The van der Waals surface area contributed by atoms with Crippen LogP contribution in [-0.4, -0.2) is 15.1 Å². The van der Waals surface area contributed by atoms with Crippen LogP contribution in [0.25, 0.3) is 88.7 Å². The molecule has 0 bridgehead atoms. The number of oxazole rings is 1. The number of aromatic hydroxyl groups is 1. The average molecular weight is 909 g/mol. The molecule has 0 atom stereocenters. The fraction of sp³-hybridized carbons (Fsp3) is 0.137. The number of para-hydroxylation sites is 1. The van der Waals surface area contributed by atoms with E-state index in [4.69, 9.17) is 14.4 Å². The number of pyridine rings is 1. The summed E-state index contributed by atoms with van der Waals surface area (Å²) in [6.45, 7) is 13.0. The van der Waals surface area contributed by atoms with Gasteiger partial charge in [0.25, 0.3) is 0 Å². The molecule has 56 heavy (non-hydrogen) atoms. The van der Waals surface area contributed by atoms with Gasteiger partial charge in [0.1, 0.15) is 11.3 Å². The largest absolute Gasteiger partial charge is 0.507 e. The van der Waals surface area contributed by atoms with Crippen molar-refractivity contribution >= 4 is 32.8 Å². The summed E-state index contributed by atoms with van der Waals surface area (Å²) in [7, 11) is 0. The second-order valence-corrected chi connectivity index (χ2v) is 15.7. The Morgan fingerprint density at radius 1 is 0.607 bits per heavy atom. The van der Waals surface area contributed by atoms with E-state index in [2.05, 4.69) is 157 Å². The predicted molar refractivity (Wildman–Crippen MR) is 227 cm³/mol. The van der Waals surface area contributed by atoms with Crippen LogP contribution in [-0.2, 0) is 26.5 Å². The number of rotatable bonds is 5. The molecule has 9 rings (SSSR count). The Morgan fingerprint density at radius 3 is 2.07 bits per heavy atom. The maximum absolute atomic E-state index is 11.1. The number of hydrogen-bond donors (Lipinski definition) is 1. The van der Waals surface area contributed by atoms with Gasteiger partial charge in [0, 0.05) is 38.2 Å². The predicted octanol–water partition coefficient (Wildman–Crippen LogP) is 13.6. The molecule has 4 nitrogen and oxygen atoms in total. The van der Waals surface area contributed by atoms with Gasteiger partial charge in [0.15, 0.2) is 0 Å². The third-order valence-corrected chi connectivity index (χ3v) is 10.8. The van der Waals surface area contributed by atoms with E-state index >= 15 is 0 Å². The standard InChI is InChI=1S/C51H41N2O2.Pt/c1-30-24-31(2)47(32(3)25-30)41-22-23-52-48-40(18-11-19-42(41)48)34-14-9-15-35(26-34)43-27-36(39-17-10-13-33-12-7-8-16-38(33)39)28-46-49(43)53-50(55-46)44-29-37(51(4,5)6)20-21-45(44)54;/h7-25,27-29,54H,1-6H3;/q-1;. The number of benzene rings is 7. The molecule has 0 spiro atoms. The van der Waals surface area contributed by atoms with Gasteiger partial charge in [-0.2, -0.15) is 0 Å². The molecule has 5 heteroatoms. The molecule has 2 heterocycles. The van der Waals surface area contributed by atoms with Crippen LogP contribution >= 0.6 is 0 Å². The first-order valence-electron chi connectivity index (χ1n) is 18.8. The van der Waals surface area contributed by atoms with Crippen LogP contribution in [0.1, 0.15) is 43.0 Å². The maximum atomic E-state index is 11.1. The van der Waals surface area contributed by atoms with E-state index in [0.29, 0.717) is 22.6 Å². The van der Waals surface area contributed by atoms with Gasteiger partial charge in [0.2, 0.25) is 5.89 Å². The van der Waals surface area contributed by atoms with Gasteiger partial charge >= 0.3 is 0 Å². The van der Waals surface area contributed by atoms with Gasteiger partial charge < -0.3 is 9.52 Å². The monoisotopic (exact) mass is 908 g/mol. The molecule has 0 fully saturated rings. The molecule has 1 N–H and O–H groups in total. The number of aromatic nitrogens is 2. The molecule has 7 aromatic carbocycles. The first-order chi connectivity index (χ1) is 26.5. The number of fused-ring (bicyclic) bond motifs is 3. The summed E-state index contributed by atoms with van der Waals surface area (Å²) in [5.41, 5.74) is 15.8. The van der Waals surface area contributed by atoms with Crippen molar-refractivity contribution in [3.63, 3.8) is 0 Å². The Bertz CT molecular complexity index is 2940. The molecular formula is C51H41N2O2Pt-. The smallest absolute Gasteiger partial charge is 0.230 e. The van der Waals surface area contributed by atoms with E-state index in [-0.39, 0.29) is 32.2 Å². The van der Waals surface area contributed by atoms with E-state index < -0.39 is 0 Å². The summed E-state index contributed by atoms with van der Waals surface area (Å²) in [5, 5.41) is 14.5. The van der Waals surface area contributed by atoms with E-state index in [1.54, 1.807) is 6.07 Å². The van der Waals surface area contributed by atoms with Crippen molar-refractivity contribution in [1.82, 2.24) is 9.97 Å². The van der Waals surface area contributed by atoms with Gasteiger partial charge in [0.05, 0.1) is 11.1 Å². The van der Waals surface area contributed by atoms with Crippen LogP contribution in [0, 0.1) is 26.8 Å². The molecule has 0 saturated carbocycles. The normalized spacial score (nSPS) is 11.7. The molecule has 0 aliphatic rings. The zero-order valence-electron chi connectivity index (χ0n) is 32.3. The SMILES string of the molecule is Cc1cc(C)c(-c2ccnc3c(-c4[c-]c(-c5cc(-c6cccc7ccccc67)cc6oc(-c7cc(C(C)(C)C)ccc7O)nc56)ccc4)cccc23)c(C)c1.[Pt]. The topological polar surface area (TPSA) is 59.2 Å². The Hall–Kier alpha value is -5.83. The van der Waals surface area contributed by atoms with Crippen LogP contribution in [0.3, 0.4) is 0 Å². The maximum Gasteiger partial charge on any atom is 0.230 e. The van der Waals surface area contributed by atoms with Crippen molar-refractivity contribution in [3.05, 3.63) is 162 Å². The van der Waals surface area contributed by atoms with Crippen LogP contribution in [0.4, 0.5) is 0 Å². The number of hydrogen-bond acceptors (Lipinski definition) is 4. The van der Waals surface area contributed by atoms with Crippen molar-refractivity contribution in [1.29, 1.82) is 0 Å². The second kappa shape index (κ2) is 14.3. The quantitative estimate of drug-likeness (QED) is 0.175. The Labute approximate surface area is 342 Å². The van der Waals surface area contributed by atoms with Gasteiger partial charge in [-0.25, -0.2) is 4.98 Å². The van der Waals surface area contributed by atoms with Crippen molar-refractivity contribution < 1.29 is 30.6 Å². The summed E-state index contributed by atoms with van der Waals surface area (Å²) in [6.07, 6.45) is 1.92. The molecule has 0 aliphatic carbocycles. The molecule has 9 aromatic rings. The minimum Gasteiger partial charge on any atom is -0.507 e. The average Bonchev–Trinajstić information content (AvgIpc) is 3.61. The summed E-state index contributed by atoms with van der Waals surface area (Å²) in [4.78, 5) is 10.1. The molecule has 0 unspecified atom stereocenters. The molecule has 0 saturated heterocycles.